The van der Waals surface area contributed by atoms with Gasteiger partial charge in [-0.2, -0.15) is 17.9 Å². The molecule has 1 fully saturated rings. The van der Waals surface area contributed by atoms with Gasteiger partial charge in [0.15, 0.2) is 0 Å². The van der Waals surface area contributed by atoms with Gasteiger partial charge >= 0.3 is 6.18 Å². The Labute approximate surface area is 183 Å². The molecule has 3 aromatic rings. The number of hydrogen-bond donors (Lipinski definition) is 2. The fourth-order valence-electron chi connectivity index (χ4n) is 4.56. The molecule has 0 bridgehead atoms. The van der Waals surface area contributed by atoms with Gasteiger partial charge in [0.2, 0.25) is 0 Å². The molecular weight excluding hydrogens is 421 g/mol. The standard InChI is InChI=1S/C22H23F3N6O/c23-22(24,25)21-28-29-30-31(21)17-10-15-7-9-32-20(15)16(11-17)12-27-19-6-8-26-13-18(19)14-4-2-1-3-5-14/h1-5,10-11,18-19,26-27H,6-9,12-13H2/t18-,19-/m0/s1. The molecule has 0 aliphatic carbocycles. The third-order valence-electron chi connectivity index (χ3n) is 6.08. The number of ether oxygens (including phenoxy) is 1. The van der Waals surface area contributed by atoms with E-state index in [1.807, 2.05) is 18.2 Å². The lowest BCUT2D eigenvalue weighted by atomic mass is 9.87. The Morgan fingerprint density at radius 3 is 2.84 bits per heavy atom. The molecule has 0 spiro atoms. The first-order valence-corrected chi connectivity index (χ1v) is 10.6. The third-order valence-corrected chi connectivity index (χ3v) is 6.08. The van der Waals surface area contributed by atoms with E-state index in [9.17, 15) is 13.2 Å². The second-order valence-electron chi connectivity index (χ2n) is 8.10. The fourth-order valence-corrected chi connectivity index (χ4v) is 4.56. The van der Waals surface area contributed by atoms with Gasteiger partial charge in [0.25, 0.3) is 5.82 Å². The van der Waals surface area contributed by atoms with Gasteiger partial charge in [-0.25, -0.2) is 0 Å². The maximum atomic E-state index is 13.3. The highest BCUT2D eigenvalue weighted by molar-refractivity contribution is 5.52. The maximum absolute atomic E-state index is 13.3. The number of rotatable bonds is 5. The Morgan fingerprint density at radius 2 is 2.03 bits per heavy atom. The lowest BCUT2D eigenvalue weighted by Gasteiger charge is -2.33. The summed E-state index contributed by atoms with van der Waals surface area (Å²) in [4.78, 5) is 0. The Kier molecular flexibility index (Phi) is 5.56. The summed E-state index contributed by atoms with van der Waals surface area (Å²) in [5.74, 6) is -0.0932. The van der Waals surface area contributed by atoms with E-state index in [1.165, 1.54) is 5.56 Å². The first kappa shape index (κ1) is 20.9. The normalized spacial score (nSPS) is 20.7. The van der Waals surface area contributed by atoms with Crippen LogP contribution in [0.5, 0.6) is 5.75 Å². The summed E-state index contributed by atoms with van der Waals surface area (Å²) in [5.41, 5.74) is 3.22. The largest absolute Gasteiger partial charge is 0.493 e. The zero-order valence-corrected chi connectivity index (χ0v) is 17.3. The average molecular weight is 444 g/mol. The highest BCUT2D eigenvalue weighted by atomic mass is 19.4. The molecule has 0 saturated carbocycles. The van der Waals surface area contributed by atoms with Crippen LogP contribution in [-0.2, 0) is 19.1 Å². The number of alkyl halides is 3. The molecule has 7 nitrogen and oxygen atoms in total. The van der Waals surface area contributed by atoms with Gasteiger partial charge < -0.3 is 15.4 Å². The molecule has 2 N–H and O–H groups in total. The molecule has 2 aliphatic heterocycles. The topological polar surface area (TPSA) is 76.9 Å². The molecule has 2 aliphatic rings. The second-order valence-corrected chi connectivity index (χ2v) is 8.10. The minimum atomic E-state index is -4.64. The van der Waals surface area contributed by atoms with Gasteiger partial charge in [-0.15, -0.1) is 5.10 Å². The van der Waals surface area contributed by atoms with E-state index >= 15 is 0 Å². The van der Waals surface area contributed by atoms with Crippen molar-refractivity contribution in [1.82, 2.24) is 30.8 Å². The Balaban J connectivity index is 1.42. The van der Waals surface area contributed by atoms with Crippen molar-refractivity contribution < 1.29 is 17.9 Å². The van der Waals surface area contributed by atoms with Crippen molar-refractivity contribution in [2.24, 2.45) is 0 Å². The van der Waals surface area contributed by atoms with E-state index in [0.29, 0.717) is 25.5 Å². The zero-order valence-electron chi connectivity index (χ0n) is 17.3. The Morgan fingerprint density at radius 1 is 1.19 bits per heavy atom. The number of piperidine rings is 1. The molecule has 2 atom stereocenters. The van der Waals surface area contributed by atoms with Gasteiger partial charge in [0, 0.05) is 37.0 Å². The van der Waals surface area contributed by atoms with Gasteiger partial charge in [-0.3, -0.25) is 0 Å². The summed E-state index contributed by atoms with van der Waals surface area (Å²) in [6.45, 7) is 2.77. The number of aromatic nitrogens is 4. The van der Waals surface area contributed by atoms with E-state index in [2.05, 4.69) is 38.3 Å². The predicted molar refractivity (Wildman–Crippen MR) is 111 cm³/mol. The predicted octanol–water partition coefficient (Wildman–Crippen LogP) is 2.85. The number of halogens is 3. The molecule has 3 heterocycles. The van der Waals surface area contributed by atoms with Crippen LogP contribution >= 0.6 is 0 Å². The average Bonchev–Trinajstić information content (AvgIpc) is 3.47. The van der Waals surface area contributed by atoms with Crippen LogP contribution in [0.2, 0.25) is 0 Å². The van der Waals surface area contributed by atoms with E-state index in [1.54, 1.807) is 12.1 Å². The van der Waals surface area contributed by atoms with Crippen LogP contribution in [0, 0.1) is 0 Å². The molecule has 0 radical (unpaired) electrons. The summed E-state index contributed by atoms with van der Waals surface area (Å²) in [6.07, 6.45) is -3.05. The molecule has 5 rings (SSSR count). The Hall–Kier alpha value is -2.98. The third kappa shape index (κ3) is 4.07. The Bertz CT molecular complexity index is 1090. The van der Waals surface area contributed by atoms with Crippen LogP contribution in [0.1, 0.15) is 34.9 Å². The summed E-state index contributed by atoms with van der Waals surface area (Å²) in [7, 11) is 0. The number of fused-ring (bicyclic) bond motifs is 1. The van der Waals surface area contributed by atoms with Crippen LogP contribution in [0.15, 0.2) is 42.5 Å². The summed E-state index contributed by atoms with van der Waals surface area (Å²) in [5, 5.41) is 17.1. The lowest BCUT2D eigenvalue weighted by molar-refractivity contribution is -0.146. The highest BCUT2D eigenvalue weighted by Crippen LogP contribution is 2.35. The van der Waals surface area contributed by atoms with Gasteiger partial charge in [0.1, 0.15) is 5.75 Å². The quantitative estimate of drug-likeness (QED) is 0.630. The monoisotopic (exact) mass is 444 g/mol. The first-order valence-electron chi connectivity index (χ1n) is 10.6. The number of tetrazole rings is 1. The number of nitrogens with one attached hydrogen (secondary N) is 2. The van der Waals surface area contributed by atoms with Crippen LogP contribution < -0.4 is 15.4 Å². The number of nitrogens with zero attached hydrogens (tertiary/aromatic N) is 4. The SMILES string of the molecule is FC(F)(F)c1nnnn1-c1cc2c(c(CN[C@H]3CCNC[C@H]3c3ccccc3)c1)OCC2. The van der Waals surface area contributed by atoms with E-state index < -0.39 is 12.0 Å². The van der Waals surface area contributed by atoms with Gasteiger partial charge in [-0.05, 0) is 46.7 Å². The van der Waals surface area contributed by atoms with Crippen molar-refractivity contribution in [3.8, 4) is 11.4 Å². The first-order chi connectivity index (χ1) is 15.5. The molecule has 0 unspecified atom stereocenters. The number of benzene rings is 2. The minimum absolute atomic E-state index is 0.234. The van der Waals surface area contributed by atoms with Crippen molar-refractivity contribution in [2.45, 2.75) is 37.5 Å². The minimum Gasteiger partial charge on any atom is -0.493 e. The number of hydrogen-bond acceptors (Lipinski definition) is 6. The van der Waals surface area contributed by atoms with Crippen molar-refractivity contribution in [1.29, 1.82) is 0 Å². The lowest BCUT2D eigenvalue weighted by Crippen LogP contribution is -2.45. The van der Waals surface area contributed by atoms with Gasteiger partial charge in [-0.1, -0.05) is 30.3 Å². The highest BCUT2D eigenvalue weighted by Gasteiger charge is 2.39. The van der Waals surface area contributed by atoms with Crippen LogP contribution in [0.3, 0.4) is 0 Å². The molecule has 1 aromatic heterocycles. The van der Waals surface area contributed by atoms with Crippen LogP contribution in [0.4, 0.5) is 13.2 Å². The molecule has 10 heteroatoms. The van der Waals surface area contributed by atoms with E-state index in [4.69, 9.17) is 4.74 Å². The van der Waals surface area contributed by atoms with Gasteiger partial charge in [0.05, 0.1) is 12.3 Å². The zero-order chi connectivity index (χ0) is 22.1. The molecule has 32 heavy (non-hydrogen) atoms. The molecule has 168 valence electrons. The smallest absolute Gasteiger partial charge is 0.453 e. The van der Waals surface area contributed by atoms with E-state index in [0.717, 1.165) is 41.1 Å². The summed E-state index contributed by atoms with van der Waals surface area (Å²) in [6, 6.07) is 13.9. The summed E-state index contributed by atoms with van der Waals surface area (Å²) >= 11 is 0. The summed E-state index contributed by atoms with van der Waals surface area (Å²) < 4.78 is 46.6. The van der Waals surface area contributed by atoms with Crippen molar-refractivity contribution in [3.05, 3.63) is 65.0 Å². The van der Waals surface area contributed by atoms with E-state index in [-0.39, 0.29) is 11.7 Å². The molecule has 0 amide bonds. The van der Waals surface area contributed by atoms with Crippen molar-refractivity contribution in [3.63, 3.8) is 0 Å². The van der Waals surface area contributed by atoms with Crippen molar-refractivity contribution >= 4 is 0 Å². The van der Waals surface area contributed by atoms with Crippen LogP contribution in [0.25, 0.3) is 5.69 Å². The van der Waals surface area contributed by atoms with Crippen LogP contribution in [-0.4, -0.2) is 45.9 Å². The fraction of sp³-hybridized carbons (Fsp3) is 0.409. The second kappa shape index (κ2) is 8.51. The maximum Gasteiger partial charge on any atom is 0.453 e. The molecule has 2 aromatic carbocycles. The molecular formula is C22H23F3N6O. The molecule has 1 saturated heterocycles. The van der Waals surface area contributed by atoms with Crippen molar-refractivity contribution in [2.75, 3.05) is 19.7 Å².